The van der Waals surface area contributed by atoms with Crippen LogP contribution in [0, 0.1) is 0 Å². The fraction of sp³-hybridized carbons (Fsp3) is 0.154. The summed E-state index contributed by atoms with van der Waals surface area (Å²) < 4.78 is 14.2. The molecule has 0 saturated heterocycles. The molecule has 0 unspecified atom stereocenters. The van der Waals surface area contributed by atoms with E-state index < -0.39 is 0 Å². The lowest BCUT2D eigenvalue weighted by atomic mass is 10.0. The summed E-state index contributed by atoms with van der Waals surface area (Å²) in [6.07, 6.45) is 1.48. The van der Waals surface area contributed by atoms with E-state index in [9.17, 15) is 0 Å². The Kier molecular flexibility index (Phi) is 9.99. The molecule has 0 fully saturated rings. The normalized spacial score (nSPS) is 10.6. The minimum Gasteiger partial charge on any atom is -1.00 e. The smallest absolute Gasteiger partial charge is 0.304 e. The van der Waals surface area contributed by atoms with Gasteiger partial charge in [-0.15, -0.1) is 0 Å². The molecule has 0 spiro atoms. The maximum absolute atomic E-state index is 6.18. The number of aromatic nitrogens is 4. The van der Waals surface area contributed by atoms with Crippen LogP contribution in [0.3, 0.4) is 0 Å². The van der Waals surface area contributed by atoms with E-state index in [1.807, 2.05) is 72.8 Å². The largest absolute Gasteiger partial charge is 1.00 e. The van der Waals surface area contributed by atoms with E-state index in [4.69, 9.17) is 43.7 Å². The van der Waals surface area contributed by atoms with E-state index in [0.29, 0.717) is 34.5 Å². The van der Waals surface area contributed by atoms with Crippen molar-refractivity contribution in [2.75, 3.05) is 11.5 Å². The molecule has 0 amide bonds. The van der Waals surface area contributed by atoms with Gasteiger partial charge in [-0.3, -0.25) is 9.05 Å². The monoisotopic (exact) mass is 592 g/mol. The first-order valence-corrected chi connectivity index (χ1v) is 12.1. The highest BCUT2D eigenvalue weighted by molar-refractivity contribution is 6.30. The van der Waals surface area contributed by atoms with Gasteiger partial charge in [0.2, 0.25) is 10.5 Å². The van der Waals surface area contributed by atoms with Crippen molar-refractivity contribution in [1.29, 1.82) is 0 Å². The van der Waals surface area contributed by atoms with Crippen molar-refractivity contribution in [2.24, 2.45) is 0 Å². The van der Waals surface area contributed by atoms with Crippen LogP contribution in [-0.4, -0.2) is 10.5 Å². The number of hydrogen-bond acceptors (Lipinski definition) is 6. The van der Waals surface area contributed by atoms with Crippen molar-refractivity contribution in [3.63, 3.8) is 0 Å². The summed E-state index contributed by atoms with van der Waals surface area (Å²) in [5, 5.41) is 9.69. The lowest BCUT2D eigenvalue weighted by Crippen LogP contribution is -3.00. The zero-order valence-electron chi connectivity index (χ0n) is 20.0. The van der Waals surface area contributed by atoms with E-state index >= 15 is 0 Å². The van der Waals surface area contributed by atoms with Crippen LogP contribution in [0.15, 0.2) is 81.8 Å². The first-order chi connectivity index (χ1) is 17.5. The van der Waals surface area contributed by atoms with Crippen LogP contribution in [0.4, 0.5) is 11.8 Å². The Bertz CT molecular complexity index is 1380. The quantitative estimate of drug-likeness (QED) is 0.213. The summed E-state index contributed by atoms with van der Waals surface area (Å²) in [5.74, 6) is 0.467. The van der Waals surface area contributed by atoms with Gasteiger partial charge >= 0.3 is 23.2 Å². The Morgan fingerprint density at radius 2 is 1.03 bits per heavy atom. The number of benzene rings is 3. The lowest BCUT2D eigenvalue weighted by Gasteiger charge is -2.01. The van der Waals surface area contributed by atoms with Crippen LogP contribution < -0.4 is 45.6 Å². The van der Waals surface area contributed by atoms with Gasteiger partial charge in [0.15, 0.2) is 13.1 Å². The number of halogens is 4. The Morgan fingerprint density at radius 1 is 0.632 bits per heavy atom. The van der Waals surface area contributed by atoms with Crippen LogP contribution in [-0.2, 0) is 25.9 Å². The molecular weight excluding hydrogens is 570 g/mol. The van der Waals surface area contributed by atoms with Crippen LogP contribution >= 0.6 is 23.2 Å². The molecule has 5 rings (SSSR count). The van der Waals surface area contributed by atoms with Gasteiger partial charge in [-0.2, -0.15) is 0 Å². The summed E-state index contributed by atoms with van der Waals surface area (Å²) in [5.41, 5.74) is 17.7. The molecule has 0 aliphatic carbocycles. The zero-order chi connectivity index (χ0) is 25.1. The average Bonchev–Trinajstić information content (AvgIpc) is 3.45. The summed E-state index contributed by atoms with van der Waals surface area (Å²) in [6.45, 7) is 1.16. The number of aryl methyl sites for hydroxylation is 4. The van der Waals surface area contributed by atoms with Gasteiger partial charge < -0.3 is 36.3 Å². The molecule has 2 heterocycles. The number of nitrogens with zero attached hydrogens (tertiary/aromatic N) is 4. The first kappa shape index (κ1) is 29.3. The molecule has 198 valence electrons. The van der Waals surface area contributed by atoms with Crippen molar-refractivity contribution >= 4 is 35.0 Å². The zero-order valence-corrected chi connectivity index (χ0v) is 23.1. The van der Waals surface area contributed by atoms with E-state index in [1.165, 1.54) is 0 Å². The predicted octanol–water partition coefficient (Wildman–Crippen LogP) is -1.46. The van der Waals surface area contributed by atoms with E-state index in [2.05, 4.69) is 10.5 Å². The van der Waals surface area contributed by atoms with Crippen molar-refractivity contribution in [2.45, 2.75) is 25.9 Å². The highest BCUT2D eigenvalue weighted by Gasteiger charge is 2.28. The SMILES string of the molecule is Nc1on[n+](CCc2ccc(Cl)cc2)c1-c1cccc(-c2c(N)on[n+]2CCc2ccc(Cl)cc2)c1.[Cl-].[Cl-]. The Morgan fingerprint density at radius 3 is 1.42 bits per heavy atom. The van der Waals surface area contributed by atoms with E-state index in [-0.39, 0.29) is 36.6 Å². The number of anilines is 2. The van der Waals surface area contributed by atoms with Gasteiger partial charge in [0.05, 0.1) is 11.1 Å². The summed E-state index contributed by atoms with van der Waals surface area (Å²) in [4.78, 5) is 0. The molecule has 0 aliphatic heterocycles. The molecule has 0 bridgehead atoms. The van der Waals surface area contributed by atoms with Crippen molar-refractivity contribution < 1.29 is 43.2 Å². The van der Waals surface area contributed by atoms with Gasteiger partial charge in [-0.1, -0.05) is 53.5 Å². The Balaban J connectivity index is 0.00000200. The highest BCUT2D eigenvalue weighted by atomic mass is 35.5. The fourth-order valence-corrected chi connectivity index (χ4v) is 4.33. The maximum atomic E-state index is 6.18. The topological polar surface area (TPSA) is 112 Å². The predicted molar refractivity (Wildman–Crippen MR) is 137 cm³/mol. The van der Waals surface area contributed by atoms with Crippen LogP contribution in [0.1, 0.15) is 11.1 Å². The molecule has 8 nitrogen and oxygen atoms in total. The lowest BCUT2D eigenvalue weighted by molar-refractivity contribution is -0.752. The third kappa shape index (κ3) is 6.57. The number of hydrogen-bond donors (Lipinski definition) is 2. The second kappa shape index (κ2) is 13.0. The molecule has 4 N–H and O–H groups in total. The number of nitrogen functional groups attached to an aromatic ring is 2. The summed E-state index contributed by atoms with van der Waals surface area (Å²) in [7, 11) is 0. The molecule has 2 aromatic heterocycles. The van der Waals surface area contributed by atoms with Gasteiger partial charge in [-0.05, 0) is 63.0 Å². The first-order valence-electron chi connectivity index (χ1n) is 11.4. The molecule has 0 atom stereocenters. The average molecular weight is 594 g/mol. The third-order valence-corrected chi connectivity index (χ3v) is 6.42. The third-order valence-electron chi connectivity index (χ3n) is 5.92. The Labute approximate surface area is 241 Å². The molecule has 0 saturated carbocycles. The second-order valence-corrected chi connectivity index (χ2v) is 9.22. The maximum Gasteiger partial charge on any atom is 0.304 e. The standard InChI is InChI=1S/C26H24Cl2N6O2.2ClH/c27-21-8-4-17(5-9-21)12-14-33-23(25(29)35-31-33)19-2-1-3-20(16-19)24-26(30)36-32-34(24)15-13-18-6-10-22(28)11-7-18;;/h1-11,16H,12-15,29-30H2;2*1H/q+2;;/p-2. The van der Waals surface area contributed by atoms with Gasteiger partial charge in [0.25, 0.3) is 0 Å². The van der Waals surface area contributed by atoms with Crippen LogP contribution in [0.2, 0.25) is 10.0 Å². The van der Waals surface area contributed by atoms with Crippen LogP contribution in [0.25, 0.3) is 22.5 Å². The van der Waals surface area contributed by atoms with E-state index in [1.54, 1.807) is 9.36 Å². The van der Waals surface area contributed by atoms with Crippen molar-refractivity contribution in [1.82, 2.24) is 10.5 Å². The van der Waals surface area contributed by atoms with Gasteiger partial charge in [0.1, 0.15) is 0 Å². The van der Waals surface area contributed by atoms with Gasteiger partial charge in [0, 0.05) is 22.9 Å². The number of rotatable bonds is 8. The molecule has 5 aromatic rings. The van der Waals surface area contributed by atoms with E-state index in [0.717, 1.165) is 35.1 Å². The van der Waals surface area contributed by atoms with Crippen molar-refractivity contribution in [3.8, 4) is 22.5 Å². The minimum absolute atomic E-state index is 0. The molecule has 3 aromatic carbocycles. The second-order valence-electron chi connectivity index (χ2n) is 8.35. The molecular formula is C26H24Cl4N6O2. The highest BCUT2D eigenvalue weighted by Crippen LogP contribution is 2.29. The fourth-order valence-electron chi connectivity index (χ4n) is 4.08. The summed E-state index contributed by atoms with van der Waals surface area (Å²) >= 11 is 12.0. The molecule has 12 heteroatoms. The molecule has 0 aliphatic rings. The number of nitrogens with two attached hydrogens (primary N) is 2. The van der Waals surface area contributed by atoms with Gasteiger partial charge in [-0.25, -0.2) is 0 Å². The van der Waals surface area contributed by atoms with Crippen molar-refractivity contribution in [3.05, 3.63) is 94.0 Å². The van der Waals surface area contributed by atoms with Crippen LogP contribution in [0.5, 0.6) is 0 Å². The summed E-state index contributed by atoms with van der Waals surface area (Å²) in [6, 6.07) is 23.2. The molecule has 0 radical (unpaired) electrons. The molecule has 38 heavy (non-hydrogen) atoms. The minimum atomic E-state index is 0. The Hall–Kier alpha value is -3.30.